The van der Waals surface area contributed by atoms with Gasteiger partial charge in [-0.3, -0.25) is 19.6 Å². The molecule has 3 aliphatic heterocycles. The fraction of sp³-hybridized carbons (Fsp3) is 0.360. The van der Waals surface area contributed by atoms with Gasteiger partial charge >= 0.3 is 0 Å². The molecule has 6 heteroatoms. The summed E-state index contributed by atoms with van der Waals surface area (Å²) in [4.78, 5) is 24.7. The first-order valence-corrected chi connectivity index (χ1v) is 11.0. The summed E-state index contributed by atoms with van der Waals surface area (Å²) in [6.45, 7) is 6.32. The van der Waals surface area contributed by atoms with Crippen LogP contribution in [0.25, 0.3) is 0 Å². The fourth-order valence-corrected chi connectivity index (χ4v) is 4.68. The minimum absolute atomic E-state index is 0.0522. The number of carbonyl (C=O) groups excluding carboxylic acids is 1. The Morgan fingerprint density at radius 3 is 2.68 bits per heavy atom. The lowest BCUT2D eigenvalue weighted by molar-refractivity contribution is -0.125. The van der Waals surface area contributed by atoms with Gasteiger partial charge in [-0.1, -0.05) is 42.0 Å². The molecule has 1 amide bonds. The summed E-state index contributed by atoms with van der Waals surface area (Å²) >= 11 is 0. The predicted molar refractivity (Wildman–Crippen MR) is 119 cm³/mol. The summed E-state index contributed by atoms with van der Waals surface area (Å²) in [6.07, 6.45) is 1.81. The first-order valence-electron chi connectivity index (χ1n) is 11.0. The Balaban J connectivity index is 1.42. The average Bonchev–Trinajstić information content (AvgIpc) is 2.78. The smallest absolute Gasteiger partial charge is 0.259 e. The molecule has 31 heavy (non-hydrogen) atoms. The molecule has 0 aliphatic carbocycles. The van der Waals surface area contributed by atoms with Gasteiger partial charge in [0, 0.05) is 44.8 Å². The quantitative estimate of drug-likeness (QED) is 0.760. The number of hydrogen-bond acceptors (Lipinski definition) is 4. The molecule has 0 atom stereocenters. The maximum Gasteiger partial charge on any atom is 0.259 e. The molecule has 2 aromatic carbocycles. The molecule has 0 unspecified atom stereocenters. The zero-order valence-electron chi connectivity index (χ0n) is 17.9. The van der Waals surface area contributed by atoms with Crippen LogP contribution in [0.15, 0.2) is 64.8 Å². The van der Waals surface area contributed by atoms with Crippen LogP contribution < -0.4 is 0 Å². The van der Waals surface area contributed by atoms with Gasteiger partial charge in [0.1, 0.15) is 5.82 Å². The van der Waals surface area contributed by atoms with Crippen molar-refractivity contribution in [3.8, 4) is 0 Å². The van der Waals surface area contributed by atoms with Gasteiger partial charge in [0.25, 0.3) is 5.91 Å². The molecule has 0 spiro atoms. The number of guanidine groups is 1. The van der Waals surface area contributed by atoms with Crippen LogP contribution in [-0.2, 0) is 17.9 Å². The molecule has 0 saturated carbocycles. The number of halogens is 1. The van der Waals surface area contributed by atoms with Gasteiger partial charge in [0.15, 0.2) is 0 Å². The molecular formula is C25H27FN4O. The van der Waals surface area contributed by atoms with E-state index in [1.54, 1.807) is 12.1 Å². The van der Waals surface area contributed by atoms with Crippen LogP contribution in [0.4, 0.5) is 4.39 Å². The molecule has 0 bridgehead atoms. The number of aliphatic imine (C=N–C) groups is 1. The average molecular weight is 419 g/mol. The molecule has 3 heterocycles. The van der Waals surface area contributed by atoms with Gasteiger partial charge in [-0.05, 0) is 36.6 Å². The summed E-state index contributed by atoms with van der Waals surface area (Å²) < 4.78 is 13.6. The third-order valence-corrected chi connectivity index (χ3v) is 6.26. The van der Waals surface area contributed by atoms with Crippen molar-refractivity contribution >= 4 is 11.9 Å². The number of nitrogens with zero attached hydrogens (tertiary/aromatic N) is 4. The first-order chi connectivity index (χ1) is 15.1. The second-order valence-corrected chi connectivity index (χ2v) is 8.58. The van der Waals surface area contributed by atoms with Crippen molar-refractivity contribution in [3.05, 3.63) is 82.3 Å². The first kappa shape index (κ1) is 19.9. The van der Waals surface area contributed by atoms with Crippen molar-refractivity contribution in [3.63, 3.8) is 0 Å². The number of rotatable bonds is 4. The van der Waals surface area contributed by atoms with Crippen LogP contribution >= 0.6 is 0 Å². The summed E-state index contributed by atoms with van der Waals surface area (Å²) in [5.41, 5.74) is 5.22. The van der Waals surface area contributed by atoms with E-state index in [1.165, 1.54) is 11.6 Å². The van der Waals surface area contributed by atoms with Crippen LogP contribution in [0.1, 0.15) is 29.5 Å². The maximum absolute atomic E-state index is 13.6. The van der Waals surface area contributed by atoms with Crippen molar-refractivity contribution in [2.75, 3.05) is 26.2 Å². The number of carbonyl (C=O) groups is 1. The molecule has 160 valence electrons. The summed E-state index contributed by atoms with van der Waals surface area (Å²) in [5, 5.41) is 0. The van der Waals surface area contributed by atoms with Gasteiger partial charge in [0.05, 0.1) is 12.1 Å². The molecule has 5 rings (SSSR count). The third kappa shape index (κ3) is 4.00. The molecular weight excluding hydrogens is 391 g/mol. The number of benzene rings is 2. The topological polar surface area (TPSA) is 39.2 Å². The standard InChI is InChI=1S/C25H27FN4O/c1-18-6-8-19(9-7-18)16-30-24(31)22-17-28(15-20-4-2-5-21(26)14-20)13-10-23(22)29-12-3-11-27-25(29)30/h2,4-9,14H,3,10-13,15-17H2,1H3. The molecule has 5 nitrogen and oxygen atoms in total. The lowest BCUT2D eigenvalue weighted by Gasteiger charge is -2.45. The summed E-state index contributed by atoms with van der Waals surface area (Å²) in [7, 11) is 0. The van der Waals surface area contributed by atoms with E-state index in [2.05, 4.69) is 41.0 Å². The highest BCUT2D eigenvalue weighted by atomic mass is 19.1. The van der Waals surface area contributed by atoms with Crippen molar-refractivity contribution in [2.45, 2.75) is 32.9 Å². The van der Waals surface area contributed by atoms with Crippen molar-refractivity contribution in [1.82, 2.24) is 14.7 Å². The van der Waals surface area contributed by atoms with Crippen molar-refractivity contribution in [2.24, 2.45) is 4.99 Å². The second kappa shape index (κ2) is 8.27. The number of aryl methyl sites for hydroxylation is 1. The van der Waals surface area contributed by atoms with Crippen molar-refractivity contribution < 1.29 is 9.18 Å². The van der Waals surface area contributed by atoms with E-state index in [-0.39, 0.29) is 11.7 Å². The SMILES string of the molecule is Cc1ccc(CN2C(=O)C3=C(CCN(Cc4cccc(F)c4)C3)N3CCCN=C23)cc1. The van der Waals surface area contributed by atoms with Gasteiger partial charge < -0.3 is 4.90 Å². The number of fused-ring (bicyclic) bond motifs is 2. The van der Waals surface area contributed by atoms with E-state index in [9.17, 15) is 9.18 Å². The zero-order valence-corrected chi connectivity index (χ0v) is 17.9. The van der Waals surface area contributed by atoms with E-state index < -0.39 is 0 Å². The minimum Gasteiger partial charge on any atom is -0.315 e. The normalized spacial score (nSPS) is 19.3. The third-order valence-electron chi connectivity index (χ3n) is 6.26. The molecule has 0 saturated heterocycles. The van der Waals surface area contributed by atoms with Gasteiger partial charge in [-0.2, -0.15) is 0 Å². The zero-order chi connectivity index (χ0) is 21.4. The molecule has 3 aliphatic rings. The van der Waals surface area contributed by atoms with Gasteiger partial charge in [0.2, 0.25) is 5.96 Å². The summed E-state index contributed by atoms with van der Waals surface area (Å²) in [6, 6.07) is 15.0. The number of hydrogen-bond donors (Lipinski definition) is 0. The van der Waals surface area contributed by atoms with Gasteiger partial charge in [-0.15, -0.1) is 0 Å². The van der Waals surface area contributed by atoms with Crippen LogP contribution in [-0.4, -0.2) is 52.7 Å². The lowest BCUT2D eigenvalue weighted by atomic mass is 9.99. The van der Waals surface area contributed by atoms with E-state index >= 15 is 0 Å². The van der Waals surface area contributed by atoms with E-state index in [1.807, 2.05) is 11.0 Å². The Morgan fingerprint density at radius 2 is 1.87 bits per heavy atom. The van der Waals surface area contributed by atoms with Crippen molar-refractivity contribution in [1.29, 1.82) is 0 Å². The molecule has 0 radical (unpaired) electrons. The monoisotopic (exact) mass is 418 g/mol. The fourth-order valence-electron chi connectivity index (χ4n) is 4.68. The van der Waals surface area contributed by atoms with Crippen LogP contribution in [0.5, 0.6) is 0 Å². The predicted octanol–water partition coefficient (Wildman–Crippen LogP) is 3.70. The Hall–Kier alpha value is -2.99. The highest BCUT2D eigenvalue weighted by Gasteiger charge is 2.40. The Morgan fingerprint density at radius 1 is 1.03 bits per heavy atom. The highest BCUT2D eigenvalue weighted by molar-refractivity contribution is 6.09. The van der Waals surface area contributed by atoms with Crippen LogP contribution in [0.3, 0.4) is 0 Å². The maximum atomic E-state index is 13.6. The van der Waals surface area contributed by atoms with Gasteiger partial charge in [-0.25, -0.2) is 4.39 Å². The van der Waals surface area contributed by atoms with Crippen LogP contribution in [0, 0.1) is 12.7 Å². The largest absolute Gasteiger partial charge is 0.315 e. The Labute approximate surface area is 182 Å². The molecule has 0 N–H and O–H groups in total. The highest BCUT2D eigenvalue weighted by Crippen LogP contribution is 2.32. The molecule has 0 fully saturated rings. The van der Waals surface area contributed by atoms with E-state index in [0.717, 1.165) is 60.8 Å². The Bertz CT molecular complexity index is 1060. The minimum atomic E-state index is -0.221. The lowest BCUT2D eigenvalue weighted by Crippen LogP contribution is -2.56. The number of amides is 1. The van der Waals surface area contributed by atoms with E-state index in [4.69, 9.17) is 4.99 Å². The Kier molecular flexibility index (Phi) is 5.32. The molecule has 2 aromatic rings. The van der Waals surface area contributed by atoms with E-state index in [0.29, 0.717) is 19.6 Å². The summed E-state index contributed by atoms with van der Waals surface area (Å²) in [5.74, 6) is 0.632. The molecule has 0 aromatic heterocycles. The van der Waals surface area contributed by atoms with Crippen LogP contribution in [0.2, 0.25) is 0 Å². The second-order valence-electron chi connectivity index (χ2n) is 8.58.